The highest BCUT2D eigenvalue weighted by atomic mass is 79.9. The van der Waals surface area contributed by atoms with Gasteiger partial charge in [-0.2, -0.15) is 19.8 Å². The van der Waals surface area contributed by atoms with Gasteiger partial charge in [0.1, 0.15) is 4.90 Å². The molecule has 0 aliphatic carbocycles. The third kappa shape index (κ3) is 4.16. The van der Waals surface area contributed by atoms with Crippen molar-refractivity contribution in [2.75, 3.05) is 19.6 Å². The summed E-state index contributed by atoms with van der Waals surface area (Å²) in [5.74, 6) is 0.532. The van der Waals surface area contributed by atoms with Gasteiger partial charge in [0, 0.05) is 52.3 Å². The lowest BCUT2D eigenvalue weighted by molar-refractivity contribution is 0.414. The van der Waals surface area contributed by atoms with Crippen molar-refractivity contribution in [1.29, 1.82) is 0 Å². The first-order valence-electron chi connectivity index (χ1n) is 8.40. The largest absolute Gasteiger partial charge is 0.354 e. The quantitative estimate of drug-likeness (QED) is 0.646. The molecule has 1 aliphatic heterocycles. The molecule has 0 unspecified atom stereocenters. The van der Waals surface area contributed by atoms with Crippen LogP contribution in [0.5, 0.6) is 0 Å². The number of aryl methyl sites for hydroxylation is 2. The molecule has 0 spiro atoms. The summed E-state index contributed by atoms with van der Waals surface area (Å²) in [4.78, 5) is 6.77. The van der Waals surface area contributed by atoms with Gasteiger partial charge in [0.15, 0.2) is 5.84 Å². The first kappa shape index (κ1) is 19.5. The fourth-order valence-electron chi connectivity index (χ4n) is 2.99. The summed E-state index contributed by atoms with van der Waals surface area (Å²) in [6.07, 6.45) is 4.59. The van der Waals surface area contributed by atoms with E-state index in [1.54, 1.807) is 5.38 Å². The van der Waals surface area contributed by atoms with Gasteiger partial charge in [-0.1, -0.05) is 0 Å². The molecule has 0 amide bonds. The molecule has 140 valence electrons. The van der Waals surface area contributed by atoms with E-state index in [0.717, 1.165) is 36.0 Å². The number of sulfonamides is 1. The zero-order valence-corrected chi connectivity index (χ0v) is 17.7. The lowest BCUT2D eigenvalue weighted by atomic mass is 10.1. The van der Waals surface area contributed by atoms with Crippen molar-refractivity contribution < 1.29 is 8.42 Å². The van der Waals surface area contributed by atoms with Crippen LogP contribution in [0.1, 0.15) is 29.7 Å². The van der Waals surface area contributed by atoms with Crippen molar-refractivity contribution in [3.8, 4) is 0 Å². The number of hydrogen-bond donors (Lipinski definition) is 1. The summed E-state index contributed by atoms with van der Waals surface area (Å²) >= 11 is 4.81. The predicted molar refractivity (Wildman–Crippen MR) is 108 cm³/mol. The summed E-state index contributed by atoms with van der Waals surface area (Å²) in [7, 11) is -3.56. The monoisotopic (exact) mass is 456 g/mol. The number of nitrogens with two attached hydrogens (primary N) is 1. The third-order valence-electron chi connectivity index (χ3n) is 4.30. The maximum Gasteiger partial charge on any atom is 0.285 e. The molecule has 6 nitrogen and oxygen atoms in total. The van der Waals surface area contributed by atoms with Crippen molar-refractivity contribution in [3.05, 3.63) is 44.3 Å². The Labute approximate surface area is 166 Å². The van der Waals surface area contributed by atoms with E-state index in [4.69, 9.17) is 5.73 Å². The summed E-state index contributed by atoms with van der Waals surface area (Å²) in [5.41, 5.74) is 8.70. The van der Waals surface area contributed by atoms with Crippen LogP contribution < -0.4 is 5.73 Å². The van der Waals surface area contributed by atoms with Gasteiger partial charge in [0.25, 0.3) is 10.0 Å². The maximum atomic E-state index is 12.2. The van der Waals surface area contributed by atoms with E-state index in [0.29, 0.717) is 29.4 Å². The minimum absolute atomic E-state index is 0.314. The number of unbranched alkanes of at least 4 members (excludes halogenated alkanes) is 1. The van der Waals surface area contributed by atoms with Gasteiger partial charge in [-0.15, -0.1) is 4.40 Å². The molecular formula is C17H21BrN4O2S2. The van der Waals surface area contributed by atoms with Crippen molar-refractivity contribution in [2.45, 2.75) is 31.1 Å². The second kappa shape index (κ2) is 8.16. The Morgan fingerprint density at radius 3 is 2.81 bits per heavy atom. The first-order valence-corrected chi connectivity index (χ1v) is 11.6. The Morgan fingerprint density at radius 2 is 2.08 bits per heavy atom. The van der Waals surface area contributed by atoms with E-state index in [9.17, 15) is 8.42 Å². The first-order chi connectivity index (χ1) is 12.4. The lowest BCUT2D eigenvalue weighted by Gasteiger charge is -2.23. The topological polar surface area (TPSA) is 88.7 Å². The molecule has 0 bridgehead atoms. The van der Waals surface area contributed by atoms with Crippen LogP contribution in [-0.4, -0.2) is 43.8 Å². The molecule has 0 saturated carbocycles. The lowest BCUT2D eigenvalue weighted by Crippen LogP contribution is -2.36. The zero-order valence-electron chi connectivity index (χ0n) is 14.5. The molecule has 26 heavy (non-hydrogen) atoms. The van der Waals surface area contributed by atoms with E-state index < -0.39 is 10.0 Å². The van der Waals surface area contributed by atoms with E-state index in [1.165, 1.54) is 16.9 Å². The SMILES string of the molecule is Cc1cc(Br)cnc1CCCCN(CCN)C1=NS(=O)(=O)c2cscc21. The highest BCUT2D eigenvalue weighted by Gasteiger charge is 2.32. The number of halogens is 1. The van der Waals surface area contributed by atoms with Crippen molar-refractivity contribution >= 4 is 43.1 Å². The Morgan fingerprint density at radius 1 is 1.27 bits per heavy atom. The van der Waals surface area contributed by atoms with Gasteiger partial charge in [0.05, 0.1) is 0 Å². The second-order valence-electron chi connectivity index (χ2n) is 6.19. The molecule has 2 aromatic heterocycles. The molecule has 2 aromatic rings. The zero-order chi connectivity index (χ0) is 18.7. The molecule has 0 aromatic carbocycles. The average Bonchev–Trinajstić information content (AvgIpc) is 3.15. The van der Waals surface area contributed by atoms with Crippen molar-refractivity contribution in [1.82, 2.24) is 9.88 Å². The summed E-state index contributed by atoms with van der Waals surface area (Å²) in [6.45, 7) is 3.81. The second-order valence-corrected chi connectivity index (χ2v) is 9.42. The minimum atomic E-state index is -3.56. The molecule has 3 heterocycles. The van der Waals surface area contributed by atoms with E-state index >= 15 is 0 Å². The number of pyridine rings is 1. The summed E-state index contributed by atoms with van der Waals surface area (Å²) in [6, 6.07) is 2.07. The molecule has 0 radical (unpaired) electrons. The maximum absolute atomic E-state index is 12.2. The summed E-state index contributed by atoms with van der Waals surface area (Å²) in [5, 5.41) is 3.49. The minimum Gasteiger partial charge on any atom is -0.354 e. The number of amidine groups is 1. The van der Waals surface area contributed by atoms with Crippen LogP contribution >= 0.6 is 27.3 Å². The van der Waals surface area contributed by atoms with Gasteiger partial charge in [0.2, 0.25) is 0 Å². The normalized spacial score (nSPS) is 15.0. The number of nitrogens with zero attached hydrogens (tertiary/aromatic N) is 3. The molecule has 3 rings (SSSR count). The number of hydrogen-bond acceptors (Lipinski definition) is 6. The van der Waals surface area contributed by atoms with E-state index in [2.05, 4.69) is 38.3 Å². The fourth-order valence-corrected chi connectivity index (χ4v) is 5.82. The van der Waals surface area contributed by atoms with Gasteiger partial charge >= 0.3 is 0 Å². The summed E-state index contributed by atoms with van der Waals surface area (Å²) < 4.78 is 29.3. The smallest absolute Gasteiger partial charge is 0.285 e. The molecule has 1 aliphatic rings. The van der Waals surface area contributed by atoms with Gasteiger partial charge < -0.3 is 10.6 Å². The molecule has 0 atom stereocenters. The Kier molecular flexibility index (Phi) is 6.11. The predicted octanol–water partition coefficient (Wildman–Crippen LogP) is 2.95. The van der Waals surface area contributed by atoms with Crippen LogP contribution in [0.2, 0.25) is 0 Å². The van der Waals surface area contributed by atoms with Crippen LogP contribution in [0.25, 0.3) is 0 Å². The molecular weight excluding hydrogens is 436 g/mol. The number of rotatable bonds is 7. The number of fused-ring (bicyclic) bond motifs is 1. The van der Waals surface area contributed by atoms with Crippen LogP contribution in [0.3, 0.4) is 0 Å². The fraction of sp³-hybridized carbons (Fsp3) is 0.412. The standard InChI is InChI=1S/C17H21BrN4O2S2/c1-12-8-13(18)9-20-15(12)4-2-3-6-22(7-5-19)17-14-10-25-11-16(14)26(23,24)21-17/h8-11H,2-7,19H2,1H3. The van der Waals surface area contributed by atoms with E-state index in [1.807, 2.05) is 16.5 Å². The van der Waals surface area contributed by atoms with Crippen LogP contribution in [0, 0.1) is 6.92 Å². The highest BCUT2D eigenvalue weighted by molar-refractivity contribution is 9.10. The molecule has 0 fully saturated rings. The highest BCUT2D eigenvalue weighted by Crippen LogP contribution is 2.30. The van der Waals surface area contributed by atoms with Gasteiger partial charge in [-0.05, 0) is 53.7 Å². The number of aromatic nitrogens is 1. The van der Waals surface area contributed by atoms with Gasteiger partial charge in [-0.25, -0.2) is 0 Å². The van der Waals surface area contributed by atoms with Crippen LogP contribution in [0.4, 0.5) is 0 Å². The van der Waals surface area contributed by atoms with Crippen molar-refractivity contribution in [3.63, 3.8) is 0 Å². The molecule has 0 saturated heterocycles. The number of thiophene rings is 1. The Balaban J connectivity index is 1.63. The van der Waals surface area contributed by atoms with Crippen LogP contribution in [0.15, 0.2) is 36.8 Å². The molecule has 9 heteroatoms. The molecule has 2 N–H and O–H groups in total. The van der Waals surface area contributed by atoms with Crippen LogP contribution in [-0.2, 0) is 16.4 Å². The third-order valence-corrected chi connectivity index (χ3v) is 6.93. The van der Waals surface area contributed by atoms with E-state index in [-0.39, 0.29) is 0 Å². The van der Waals surface area contributed by atoms with Gasteiger partial charge in [-0.3, -0.25) is 4.98 Å². The Bertz CT molecular complexity index is 925. The van der Waals surface area contributed by atoms with Crippen molar-refractivity contribution in [2.24, 2.45) is 10.1 Å². The average molecular weight is 457 g/mol. The Hall–Kier alpha value is -1.29.